The molecule has 6 heteroatoms. The average molecular weight is 323 g/mol. The van der Waals surface area contributed by atoms with Crippen LogP contribution in [-0.4, -0.2) is 22.9 Å². The number of hydrogen-bond donors (Lipinski definition) is 1. The Hall–Kier alpha value is -3.20. The molecule has 0 aromatic heterocycles. The molecule has 1 heterocycles. The van der Waals surface area contributed by atoms with Crippen LogP contribution >= 0.6 is 0 Å². The van der Waals surface area contributed by atoms with Gasteiger partial charge in [0.1, 0.15) is 11.9 Å². The molecule has 120 valence electrons. The summed E-state index contributed by atoms with van der Waals surface area (Å²) in [5.41, 5.74) is 1.34. The van der Waals surface area contributed by atoms with Crippen LogP contribution in [0.3, 0.4) is 0 Å². The van der Waals surface area contributed by atoms with Crippen molar-refractivity contribution in [3.05, 3.63) is 71.0 Å². The monoisotopic (exact) mass is 323 g/mol. The molecule has 3 amide bonds. The van der Waals surface area contributed by atoms with E-state index in [0.717, 1.165) is 16.5 Å². The molecule has 0 radical (unpaired) electrons. The Bertz CT molecular complexity index is 830. The van der Waals surface area contributed by atoms with E-state index in [-0.39, 0.29) is 17.7 Å². The third-order valence-electron chi connectivity index (χ3n) is 3.89. The first kappa shape index (κ1) is 15.7. The summed E-state index contributed by atoms with van der Waals surface area (Å²) >= 11 is 0. The van der Waals surface area contributed by atoms with Crippen LogP contribution in [0.25, 0.3) is 0 Å². The third-order valence-corrected chi connectivity index (χ3v) is 3.89. The van der Waals surface area contributed by atoms with Crippen LogP contribution < -0.4 is 5.32 Å². The average Bonchev–Trinajstić information content (AvgIpc) is 2.85. The molecule has 24 heavy (non-hydrogen) atoms. The number of urea groups is 1. The molecule has 1 N–H and O–H groups in total. The van der Waals surface area contributed by atoms with Gasteiger partial charge in [0, 0.05) is 12.0 Å². The predicted molar refractivity (Wildman–Crippen MR) is 84.1 cm³/mol. The van der Waals surface area contributed by atoms with Crippen LogP contribution in [0.4, 0.5) is 9.18 Å². The van der Waals surface area contributed by atoms with Gasteiger partial charge in [-0.3, -0.25) is 9.69 Å². The van der Waals surface area contributed by atoms with Crippen molar-refractivity contribution in [2.45, 2.75) is 19.0 Å². The zero-order valence-electron chi connectivity index (χ0n) is 12.7. The fourth-order valence-electron chi connectivity index (χ4n) is 2.65. The molecule has 5 nitrogen and oxygen atoms in total. The minimum absolute atomic E-state index is 0.137. The first-order valence-electron chi connectivity index (χ1n) is 7.43. The maximum absolute atomic E-state index is 13.9. The molecule has 0 unspecified atom stereocenters. The number of amides is 3. The summed E-state index contributed by atoms with van der Waals surface area (Å²) in [6.45, 7) is -0.197. The second-order valence-corrected chi connectivity index (χ2v) is 5.53. The molecule has 1 aliphatic rings. The maximum Gasteiger partial charge on any atom is 0.325 e. The number of nitriles is 1. The fraction of sp³-hybridized carbons (Fsp3) is 0.167. The quantitative estimate of drug-likeness (QED) is 0.878. The normalized spacial score (nSPS) is 16.8. The first-order valence-corrected chi connectivity index (χ1v) is 7.43. The van der Waals surface area contributed by atoms with E-state index < -0.39 is 23.8 Å². The van der Waals surface area contributed by atoms with E-state index in [1.807, 2.05) is 36.4 Å². The Kier molecular flexibility index (Phi) is 4.25. The smallest absolute Gasteiger partial charge is 0.325 e. The van der Waals surface area contributed by atoms with Gasteiger partial charge in [-0.1, -0.05) is 30.3 Å². The Labute approximate surface area is 138 Å². The summed E-state index contributed by atoms with van der Waals surface area (Å²) in [5.74, 6) is -0.952. The number of benzene rings is 2. The van der Waals surface area contributed by atoms with Crippen LogP contribution in [0.15, 0.2) is 48.5 Å². The van der Waals surface area contributed by atoms with E-state index in [4.69, 9.17) is 5.26 Å². The molecule has 0 bridgehead atoms. The van der Waals surface area contributed by atoms with E-state index in [1.54, 1.807) is 0 Å². The number of imide groups is 1. The number of halogens is 1. The summed E-state index contributed by atoms with van der Waals surface area (Å²) in [7, 11) is 0. The summed E-state index contributed by atoms with van der Waals surface area (Å²) in [6.07, 6.45) is 0.378. The van der Waals surface area contributed by atoms with Crippen LogP contribution in [0, 0.1) is 17.1 Å². The van der Waals surface area contributed by atoms with Crippen LogP contribution in [0.5, 0.6) is 0 Å². The predicted octanol–water partition coefficient (Wildman–Crippen LogP) is 2.36. The SMILES string of the molecule is N#Cc1ccc(F)c(CN2C(=O)N[C@H](Cc3ccccc3)C2=O)c1. The molecule has 1 fully saturated rings. The molecule has 1 aliphatic heterocycles. The highest BCUT2D eigenvalue weighted by Crippen LogP contribution is 2.18. The lowest BCUT2D eigenvalue weighted by Gasteiger charge is -2.14. The number of hydrogen-bond acceptors (Lipinski definition) is 3. The molecular formula is C18H14FN3O2. The lowest BCUT2D eigenvalue weighted by molar-refractivity contribution is -0.127. The van der Waals surface area contributed by atoms with Crippen molar-refractivity contribution in [3.8, 4) is 6.07 Å². The Morgan fingerprint density at radius 1 is 1.17 bits per heavy atom. The molecule has 0 spiro atoms. The van der Waals surface area contributed by atoms with Crippen molar-refractivity contribution < 1.29 is 14.0 Å². The second-order valence-electron chi connectivity index (χ2n) is 5.53. The van der Waals surface area contributed by atoms with Gasteiger partial charge in [-0.15, -0.1) is 0 Å². The molecular weight excluding hydrogens is 309 g/mol. The molecule has 1 saturated heterocycles. The van der Waals surface area contributed by atoms with Gasteiger partial charge in [-0.2, -0.15) is 5.26 Å². The number of carbonyl (C=O) groups is 2. The van der Waals surface area contributed by atoms with Gasteiger partial charge in [0.15, 0.2) is 0 Å². The molecule has 0 saturated carbocycles. The number of nitrogens with zero attached hydrogens (tertiary/aromatic N) is 2. The van der Waals surface area contributed by atoms with Crippen molar-refractivity contribution in [2.24, 2.45) is 0 Å². The summed E-state index contributed by atoms with van der Waals surface area (Å²) < 4.78 is 13.9. The van der Waals surface area contributed by atoms with E-state index >= 15 is 0 Å². The van der Waals surface area contributed by atoms with Crippen molar-refractivity contribution in [2.75, 3.05) is 0 Å². The van der Waals surface area contributed by atoms with Gasteiger partial charge in [-0.05, 0) is 23.8 Å². The second kappa shape index (κ2) is 6.50. The van der Waals surface area contributed by atoms with Gasteiger partial charge in [-0.25, -0.2) is 9.18 Å². The molecule has 3 rings (SSSR count). The van der Waals surface area contributed by atoms with Crippen LogP contribution in [-0.2, 0) is 17.8 Å². The topological polar surface area (TPSA) is 73.2 Å². The third kappa shape index (κ3) is 3.10. The first-order chi connectivity index (χ1) is 11.6. The van der Waals surface area contributed by atoms with E-state index in [9.17, 15) is 14.0 Å². The maximum atomic E-state index is 13.9. The van der Waals surface area contributed by atoms with Gasteiger partial charge in [0.25, 0.3) is 5.91 Å². The molecule has 2 aromatic carbocycles. The number of nitrogens with one attached hydrogen (secondary N) is 1. The standard InChI is InChI=1S/C18H14FN3O2/c19-15-7-6-13(10-20)8-14(15)11-22-17(23)16(21-18(22)24)9-12-4-2-1-3-5-12/h1-8,16H,9,11H2,(H,21,24)/t16-/m1/s1. The summed E-state index contributed by atoms with van der Waals surface area (Å²) in [4.78, 5) is 25.5. The fourth-order valence-corrected chi connectivity index (χ4v) is 2.65. The highest BCUT2D eigenvalue weighted by atomic mass is 19.1. The van der Waals surface area contributed by atoms with Gasteiger partial charge in [0.05, 0.1) is 18.2 Å². The molecule has 0 aliphatic carbocycles. The zero-order valence-corrected chi connectivity index (χ0v) is 12.7. The Balaban J connectivity index is 1.76. The minimum atomic E-state index is -0.665. The largest absolute Gasteiger partial charge is 0.325 e. The van der Waals surface area contributed by atoms with Gasteiger partial charge < -0.3 is 5.32 Å². The van der Waals surface area contributed by atoms with Crippen molar-refractivity contribution in [1.29, 1.82) is 5.26 Å². The van der Waals surface area contributed by atoms with Gasteiger partial charge >= 0.3 is 6.03 Å². The van der Waals surface area contributed by atoms with Gasteiger partial charge in [0.2, 0.25) is 0 Å². The van der Waals surface area contributed by atoms with Crippen LogP contribution in [0.1, 0.15) is 16.7 Å². The highest BCUT2D eigenvalue weighted by Gasteiger charge is 2.38. The lowest BCUT2D eigenvalue weighted by Crippen LogP contribution is -2.32. The van der Waals surface area contributed by atoms with Crippen molar-refractivity contribution in [1.82, 2.24) is 10.2 Å². The van der Waals surface area contributed by atoms with E-state index in [1.165, 1.54) is 12.1 Å². The van der Waals surface area contributed by atoms with Crippen molar-refractivity contribution >= 4 is 11.9 Å². The summed E-state index contributed by atoms with van der Waals surface area (Å²) in [6, 6.07) is 13.9. The minimum Gasteiger partial charge on any atom is -0.325 e. The van der Waals surface area contributed by atoms with E-state index in [0.29, 0.717) is 6.42 Å². The number of carbonyl (C=O) groups excluding carboxylic acids is 2. The summed E-state index contributed by atoms with van der Waals surface area (Å²) in [5, 5.41) is 11.5. The number of rotatable bonds is 4. The zero-order chi connectivity index (χ0) is 17.1. The van der Waals surface area contributed by atoms with Crippen LogP contribution in [0.2, 0.25) is 0 Å². The van der Waals surface area contributed by atoms with E-state index in [2.05, 4.69) is 5.32 Å². The molecule has 1 atom stereocenters. The lowest BCUT2D eigenvalue weighted by atomic mass is 10.1. The highest BCUT2D eigenvalue weighted by molar-refractivity contribution is 6.04. The Morgan fingerprint density at radius 3 is 2.62 bits per heavy atom. The van der Waals surface area contributed by atoms with Crippen molar-refractivity contribution in [3.63, 3.8) is 0 Å². The molecule has 2 aromatic rings. The Morgan fingerprint density at radius 2 is 1.92 bits per heavy atom.